The van der Waals surface area contributed by atoms with Crippen molar-refractivity contribution in [3.8, 4) is 0 Å². The SMILES string of the molecule is CC(C)c1ccc(NC(=O)C2(c3ccc(N(C)C)cc3)CC(=O)N2c2ccc(C(C)C)cc2)cc1. The second-order valence-corrected chi connectivity index (χ2v) is 10.2. The van der Waals surface area contributed by atoms with Crippen molar-refractivity contribution >= 4 is 28.9 Å². The van der Waals surface area contributed by atoms with Crippen molar-refractivity contribution in [3.05, 3.63) is 89.5 Å². The first-order valence-electron chi connectivity index (χ1n) is 12.3. The van der Waals surface area contributed by atoms with Gasteiger partial charge in [-0.3, -0.25) is 14.5 Å². The minimum Gasteiger partial charge on any atom is -0.378 e. The fourth-order valence-corrected chi connectivity index (χ4v) is 4.64. The standard InChI is InChI=1S/C30H35N3O2/c1-20(2)22-7-13-25(14-8-22)31-29(35)30(24-11-17-26(18-12-24)32(5)6)19-28(34)33(30)27-15-9-23(10-16-27)21(3)4/h7-18,20-21H,19H2,1-6H3,(H,31,35). The highest BCUT2D eigenvalue weighted by atomic mass is 16.2. The molecule has 3 aromatic rings. The minimum absolute atomic E-state index is 0.0655. The summed E-state index contributed by atoms with van der Waals surface area (Å²) in [5.41, 5.74) is 4.57. The fraction of sp³-hybridized carbons (Fsp3) is 0.333. The van der Waals surface area contributed by atoms with Crippen LogP contribution in [0.3, 0.4) is 0 Å². The van der Waals surface area contributed by atoms with E-state index in [0.29, 0.717) is 11.8 Å². The Hall–Kier alpha value is -3.60. The molecular weight excluding hydrogens is 434 g/mol. The number of carbonyl (C=O) groups is 2. The van der Waals surface area contributed by atoms with Crippen LogP contribution in [0.15, 0.2) is 72.8 Å². The number of rotatable bonds is 7. The van der Waals surface area contributed by atoms with E-state index in [2.05, 4.69) is 33.0 Å². The first kappa shape index (κ1) is 24.5. The molecule has 182 valence electrons. The van der Waals surface area contributed by atoms with Gasteiger partial charge in [-0.2, -0.15) is 0 Å². The lowest BCUT2D eigenvalue weighted by atomic mass is 9.75. The van der Waals surface area contributed by atoms with E-state index in [9.17, 15) is 9.59 Å². The highest BCUT2D eigenvalue weighted by Gasteiger charge is 2.58. The van der Waals surface area contributed by atoms with E-state index >= 15 is 0 Å². The first-order chi connectivity index (χ1) is 16.6. The van der Waals surface area contributed by atoms with Crippen LogP contribution < -0.4 is 15.1 Å². The zero-order valence-electron chi connectivity index (χ0n) is 21.5. The van der Waals surface area contributed by atoms with E-state index in [1.165, 1.54) is 11.1 Å². The maximum atomic E-state index is 13.9. The summed E-state index contributed by atoms with van der Waals surface area (Å²) in [7, 11) is 3.96. The van der Waals surface area contributed by atoms with Gasteiger partial charge in [-0.15, -0.1) is 0 Å². The molecule has 35 heavy (non-hydrogen) atoms. The summed E-state index contributed by atoms with van der Waals surface area (Å²) in [6.07, 6.45) is 0.121. The van der Waals surface area contributed by atoms with Gasteiger partial charge in [0.2, 0.25) is 5.91 Å². The molecule has 2 amide bonds. The predicted octanol–water partition coefficient (Wildman–Crippen LogP) is 6.27. The quantitative estimate of drug-likeness (QED) is 0.415. The van der Waals surface area contributed by atoms with Crippen molar-refractivity contribution in [2.75, 3.05) is 29.2 Å². The van der Waals surface area contributed by atoms with Gasteiger partial charge in [-0.1, -0.05) is 64.1 Å². The van der Waals surface area contributed by atoms with Crippen molar-refractivity contribution in [2.24, 2.45) is 0 Å². The van der Waals surface area contributed by atoms with Crippen molar-refractivity contribution in [1.82, 2.24) is 0 Å². The molecule has 3 aromatic carbocycles. The van der Waals surface area contributed by atoms with E-state index in [1.807, 2.05) is 91.8 Å². The van der Waals surface area contributed by atoms with Crippen LogP contribution in [-0.2, 0) is 15.1 Å². The van der Waals surface area contributed by atoms with Crippen molar-refractivity contribution in [1.29, 1.82) is 0 Å². The van der Waals surface area contributed by atoms with E-state index < -0.39 is 5.54 Å². The molecule has 1 N–H and O–H groups in total. The van der Waals surface area contributed by atoms with E-state index in [1.54, 1.807) is 4.90 Å². The summed E-state index contributed by atoms with van der Waals surface area (Å²) in [5, 5.41) is 3.09. The average molecular weight is 470 g/mol. The second-order valence-electron chi connectivity index (χ2n) is 10.2. The van der Waals surface area contributed by atoms with Crippen LogP contribution in [0.2, 0.25) is 0 Å². The summed E-state index contributed by atoms with van der Waals surface area (Å²) in [4.78, 5) is 30.6. The lowest BCUT2D eigenvalue weighted by Crippen LogP contribution is -2.67. The summed E-state index contributed by atoms with van der Waals surface area (Å²) in [5.74, 6) is 0.524. The summed E-state index contributed by atoms with van der Waals surface area (Å²) < 4.78 is 0. The molecule has 0 aromatic heterocycles. The molecule has 1 aliphatic rings. The monoisotopic (exact) mass is 469 g/mol. The van der Waals surface area contributed by atoms with Gasteiger partial charge in [0.25, 0.3) is 5.91 Å². The topological polar surface area (TPSA) is 52.7 Å². The lowest BCUT2D eigenvalue weighted by molar-refractivity contribution is -0.137. The van der Waals surface area contributed by atoms with Gasteiger partial charge in [0.15, 0.2) is 5.54 Å². The second kappa shape index (κ2) is 9.57. The van der Waals surface area contributed by atoms with Crippen molar-refractivity contribution in [2.45, 2.75) is 51.5 Å². The Labute approximate surface area is 208 Å². The third kappa shape index (κ3) is 4.55. The fourth-order valence-electron chi connectivity index (χ4n) is 4.64. The zero-order chi connectivity index (χ0) is 25.3. The Morgan fingerprint density at radius 2 is 1.34 bits per heavy atom. The summed E-state index contributed by atoms with van der Waals surface area (Å²) in [6.45, 7) is 8.56. The van der Waals surface area contributed by atoms with E-state index in [4.69, 9.17) is 0 Å². The molecule has 1 fully saturated rings. The Kier molecular flexibility index (Phi) is 6.70. The van der Waals surface area contributed by atoms with Gasteiger partial charge in [0.1, 0.15) is 0 Å². The molecule has 1 atom stereocenters. The lowest BCUT2D eigenvalue weighted by Gasteiger charge is -2.50. The van der Waals surface area contributed by atoms with Crippen molar-refractivity contribution < 1.29 is 9.59 Å². The van der Waals surface area contributed by atoms with Gasteiger partial charge in [0, 0.05) is 31.2 Å². The normalized spacial score (nSPS) is 17.5. The number of carbonyl (C=O) groups excluding carboxylic acids is 2. The summed E-state index contributed by atoms with van der Waals surface area (Å²) in [6, 6.07) is 23.8. The molecule has 0 radical (unpaired) electrons. The Balaban J connectivity index is 1.74. The van der Waals surface area contributed by atoms with Crippen LogP contribution in [0, 0.1) is 0 Å². The van der Waals surface area contributed by atoms with Crippen molar-refractivity contribution in [3.63, 3.8) is 0 Å². The van der Waals surface area contributed by atoms with Gasteiger partial charge in [0.05, 0.1) is 6.42 Å². The van der Waals surface area contributed by atoms with Crippen LogP contribution in [0.1, 0.15) is 62.6 Å². The number of nitrogens with zero attached hydrogens (tertiary/aromatic N) is 2. The highest BCUT2D eigenvalue weighted by molar-refractivity contribution is 6.17. The maximum Gasteiger partial charge on any atom is 0.255 e. The molecule has 1 aliphatic heterocycles. The molecule has 1 unspecified atom stereocenters. The van der Waals surface area contributed by atoms with Crippen LogP contribution in [-0.4, -0.2) is 25.9 Å². The molecule has 0 bridgehead atoms. The van der Waals surface area contributed by atoms with Crippen LogP contribution in [0.25, 0.3) is 0 Å². The molecule has 5 heteroatoms. The zero-order valence-corrected chi connectivity index (χ0v) is 21.5. The third-order valence-electron chi connectivity index (χ3n) is 6.93. The molecule has 5 nitrogen and oxygen atoms in total. The van der Waals surface area contributed by atoms with Gasteiger partial charge in [-0.05, 0) is 64.9 Å². The average Bonchev–Trinajstić information content (AvgIpc) is 2.83. The number of amides is 2. The number of hydrogen-bond acceptors (Lipinski definition) is 3. The molecule has 0 aliphatic carbocycles. The first-order valence-corrected chi connectivity index (χ1v) is 12.3. The van der Waals surface area contributed by atoms with Gasteiger partial charge < -0.3 is 10.2 Å². The molecule has 0 spiro atoms. The molecule has 1 saturated heterocycles. The third-order valence-corrected chi connectivity index (χ3v) is 6.93. The van der Waals surface area contributed by atoms with Crippen LogP contribution >= 0.6 is 0 Å². The Morgan fingerprint density at radius 3 is 1.80 bits per heavy atom. The molecule has 1 heterocycles. The Bertz CT molecular complexity index is 1200. The number of nitrogens with one attached hydrogen (secondary N) is 1. The summed E-state index contributed by atoms with van der Waals surface area (Å²) >= 11 is 0. The van der Waals surface area contributed by atoms with E-state index in [-0.39, 0.29) is 18.2 Å². The maximum absolute atomic E-state index is 13.9. The number of benzene rings is 3. The Morgan fingerprint density at radius 1 is 0.829 bits per heavy atom. The molecule has 4 rings (SSSR count). The van der Waals surface area contributed by atoms with Crippen LogP contribution in [0.4, 0.5) is 17.1 Å². The number of anilines is 3. The van der Waals surface area contributed by atoms with Gasteiger partial charge >= 0.3 is 0 Å². The molecule has 0 saturated carbocycles. The highest BCUT2D eigenvalue weighted by Crippen LogP contribution is 2.46. The molecular formula is C30H35N3O2. The smallest absolute Gasteiger partial charge is 0.255 e. The number of hydrogen-bond donors (Lipinski definition) is 1. The van der Waals surface area contributed by atoms with Crippen LogP contribution in [0.5, 0.6) is 0 Å². The van der Waals surface area contributed by atoms with E-state index in [0.717, 1.165) is 22.6 Å². The predicted molar refractivity (Wildman–Crippen MR) is 144 cm³/mol. The largest absolute Gasteiger partial charge is 0.378 e. The minimum atomic E-state index is -1.11. The number of β-lactam (4-membered cyclic amide) rings is 1. The van der Waals surface area contributed by atoms with Gasteiger partial charge in [-0.25, -0.2) is 0 Å².